The van der Waals surface area contributed by atoms with Crippen LogP contribution in [0, 0.1) is 0 Å². The number of benzene rings is 2. The SMILES string of the molecule is O=Cc1cc(C(=O)N2CCCC(n3cnc4ccccc4c3=O)C2)ccc1B(O)O. The van der Waals surface area contributed by atoms with Crippen LogP contribution in [0.3, 0.4) is 0 Å². The zero-order chi connectivity index (χ0) is 21.3. The molecule has 1 amide bonds. The minimum atomic E-state index is -1.79. The zero-order valence-electron chi connectivity index (χ0n) is 16.1. The first-order valence-electron chi connectivity index (χ1n) is 9.70. The Labute approximate surface area is 172 Å². The summed E-state index contributed by atoms with van der Waals surface area (Å²) in [5.74, 6) is -0.274. The summed E-state index contributed by atoms with van der Waals surface area (Å²) in [6.45, 7) is 0.880. The number of carbonyl (C=O) groups excluding carboxylic acids is 2. The number of nitrogens with zero attached hydrogens (tertiary/aromatic N) is 3. The molecule has 2 aromatic carbocycles. The summed E-state index contributed by atoms with van der Waals surface area (Å²) in [4.78, 5) is 43.2. The van der Waals surface area contributed by atoms with Crippen molar-refractivity contribution >= 4 is 35.7 Å². The predicted molar refractivity (Wildman–Crippen MR) is 112 cm³/mol. The van der Waals surface area contributed by atoms with Crippen LogP contribution in [0.4, 0.5) is 0 Å². The molecule has 1 saturated heterocycles. The molecule has 1 aromatic heterocycles. The Kier molecular flexibility index (Phi) is 5.47. The molecule has 1 aliphatic rings. The van der Waals surface area contributed by atoms with E-state index in [-0.39, 0.29) is 34.1 Å². The number of rotatable bonds is 4. The average molecular weight is 405 g/mol. The van der Waals surface area contributed by atoms with E-state index in [9.17, 15) is 24.4 Å². The number of para-hydroxylation sites is 1. The van der Waals surface area contributed by atoms with Gasteiger partial charge < -0.3 is 14.9 Å². The smallest absolute Gasteiger partial charge is 0.423 e. The minimum absolute atomic E-state index is 0.0480. The second-order valence-electron chi connectivity index (χ2n) is 7.36. The lowest BCUT2D eigenvalue weighted by Gasteiger charge is -2.33. The van der Waals surface area contributed by atoms with Crippen LogP contribution in [-0.2, 0) is 0 Å². The van der Waals surface area contributed by atoms with Crippen LogP contribution in [0.2, 0.25) is 0 Å². The van der Waals surface area contributed by atoms with E-state index in [1.54, 1.807) is 27.7 Å². The molecule has 2 heterocycles. The van der Waals surface area contributed by atoms with E-state index in [1.165, 1.54) is 24.5 Å². The highest BCUT2D eigenvalue weighted by molar-refractivity contribution is 6.60. The molecule has 8 nitrogen and oxygen atoms in total. The van der Waals surface area contributed by atoms with Crippen molar-refractivity contribution < 1.29 is 19.6 Å². The van der Waals surface area contributed by atoms with Gasteiger partial charge in [0, 0.05) is 24.2 Å². The molecule has 152 valence electrons. The van der Waals surface area contributed by atoms with Gasteiger partial charge in [0.2, 0.25) is 0 Å². The van der Waals surface area contributed by atoms with Gasteiger partial charge in [-0.25, -0.2) is 4.98 Å². The molecular formula is C21H20BN3O5. The second-order valence-corrected chi connectivity index (χ2v) is 7.36. The molecule has 0 aliphatic carbocycles. The lowest BCUT2D eigenvalue weighted by molar-refractivity contribution is 0.0677. The van der Waals surface area contributed by atoms with Gasteiger partial charge in [-0.1, -0.05) is 18.2 Å². The normalized spacial score (nSPS) is 16.5. The van der Waals surface area contributed by atoms with E-state index in [0.29, 0.717) is 30.3 Å². The first-order valence-corrected chi connectivity index (χ1v) is 9.70. The number of hydrogen-bond acceptors (Lipinski definition) is 6. The van der Waals surface area contributed by atoms with Gasteiger partial charge in [0.25, 0.3) is 11.5 Å². The Morgan fingerprint density at radius 1 is 1.20 bits per heavy atom. The van der Waals surface area contributed by atoms with Gasteiger partial charge in [0.1, 0.15) is 6.29 Å². The van der Waals surface area contributed by atoms with Gasteiger partial charge in [-0.2, -0.15) is 0 Å². The third-order valence-electron chi connectivity index (χ3n) is 5.51. The van der Waals surface area contributed by atoms with E-state index in [1.807, 2.05) is 6.07 Å². The van der Waals surface area contributed by atoms with Crippen molar-refractivity contribution in [2.24, 2.45) is 0 Å². The van der Waals surface area contributed by atoms with Crippen molar-refractivity contribution in [3.05, 3.63) is 70.3 Å². The topological polar surface area (TPSA) is 113 Å². The summed E-state index contributed by atoms with van der Waals surface area (Å²) in [6.07, 6.45) is 3.50. The number of amides is 1. The summed E-state index contributed by atoms with van der Waals surface area (Å²) in [5, 5.41) is 19.2. The Morgan fingerprint density at radius 3 is 2.77 bits per heavy atom. The van der Waals surface area contributed by atoms with Crippen molar-refractivity contribution in [1.29, 1.82) is 0 Å². The van der Waals surface area contributed by atoms with Crippen molar-refractivity contribution in [3.8, 4) is 0 Å². The fourth-order valence-electron chi connectivity index (χ4n) is 3.94. The van der Waals surface area contributed by atoms with Gasteiger partial charge in [-0.05, 0) is 42.6 Å². The molecule has 4 rings (SSSR count). The highest BCUT2D eigenvalue weighted by Gasteiger charge is 2.27. The summed E-state index contributed by atoms with van der Waals surface area (Å²) in [7, 11) is -1.79. The fourth-order valence-corrected chi connectivity index (χ4v) is 3.94. The monoisotopic (exact) mass is 405 g/mol. The van der Waals surface area contributed by atoms with Gasteiger partial charge >= 0.3 is 7.12 Å². The highest BCUT2D eigenvalue weighted by Crippen LogP contribution is 2.22. The maximum Gasteiger partial charge on any atom is 0.489 e. The van der Waals surface area contributed by atoms with Gasteiger partial charge in [0.15, 0.2) is 0 Å². The lowest BCUT2D eigenvalue weighted by atomic mass is 9.76. The van der Waals surface area contributed by atoms with Crippen LogP contribution in [0.1, 0.15) is 39.6 Å². The molecule has 30 heavy (non-hydrogen) atoms. The second kappa shape index (κ2) is 8.21. The molecule has 0 bridgehead atoms. The molecule has 1 aliphatic heterocycles. The summed E-state index contributed by atoms with van der Waals surface area (Å²) in [6, 6.07) is 11.1. The van der Waals surface area contributed by atoms with Gasteiger partial charge in [-0.3, -0.25) is 19.0 Å². The molecule has 3 aromatic rings. The molecular weight excluding hydrogens is 385 g/mol. The number of carbonyl (C=O) groups is 2. The largest absolute Gasteiger partial charge is 0.489 e. The van der Waals surface area contributed by atoms with E-state index in [4.69, 9.17) is 0 Å². The number of aldehydes is 1. The van der Waals surface area contributed by atoms with E-state index in [2.05, 4.69) is 4.98 Å². The summed E-state index contributed by atoms with van der Waals surface area (Å²) >= 11 is 0. The Hall–Kier alpha value is -3.30. The molecule has 1 atom stereocenters. The summed E-state index contributed by atoms with van der Waals surface area (Å²) < 4.78 is 1.59. The van der Waals surface area contributed by atoms with Crippen molar-refractivity contribution in [1.82, 2.24) is 14.5 Å². The van der Waals surface area contributed by atoms with Crippen LogP contribution >= 0.6 is 0 Å². The van der Waals surface area contributed by atoms with E-state index in [0.717, 1.165) is 12.8 Å². The maximum absolute atomic E-state index is 13.0. The molecule has 9 heteroatoms. The summed E-state index contributed by atoms with van der Waals surface area (Å²) in [5.41, 5.74) is 0.886. The van der Waals surface area contributed by atoms with E-state index >= 15 is 0 Å². The van der Waals surface area contributed by atoms with Crippen LogP contribution in [0.25, 0.3) is 10.9 Å². The first-order chi connectivity index (χ1) is 14.5. The zero-order valence-corrected chi connectivity index (χ0v) is 16.1. The van der Waals surface area contributed by atoms with Crippen LogP contribution in [0.15, 0.2) is 53.6 Å². The van der Waals surface area contributed by atoms with Crippen molar-refractivity contribution in [2.75, 3.05) is 13.1 Å². The number of likely N-dealkylation sites (tertiary alicyclic amines) is 1. The van der Waals surface area contributed by atoms with Crippen LogP contribution in [0.5, 0.6) is 0 Å². The predicted octanol–water partition coefficient (Wildman–Crippen LogP) is 0.366. The molecule has 0 radical (unpaired) electrons. The molecule has 2 N–H and O–H groups in total. The number of piperidine rings is 1. The van der Waals surface area contributed by atoms with Crippen molar-refractivity contribution in [3.63, 3.8) is 0 Å². The first kappa shape index (κ1) is 20.0. The van der Waals surface area contributed by atoms with Gasteiger partial charge in [-0.15, -0.1) is 0 Å². The Balaban J connectivity index is 1.60. The Bertz CT molecular complexity index is 1180. The Morgan fingerprint density at radius 2 is 2.00 bits per heavy atom. The van der Waals surface area contributed by atoms with Crippen molar-refractivity contribution in [2.45, 2.75) is 18.9 Å². The van der Waals surface area contributed by atoms with E-state index < -0.39 is 7.12 Å². The molecule has 0 spiro atoms. The minimum Gasteiger partial charge on any atom is -0.423 e. The third-order valence-corrected chi connectivity index (χ3v) is 5.51. The lowest BCUT2D eigenvalue weighted by Crippen LogP contribution is -2.43. The molecule has 1 fully saturated rings. The maximum atomic E-state index is 13.0. The third kappa shape index (κ3) is 3.65. The number of fused-ring (bicyclic) bond motifs is 1. The number of hydrogen-bond donors (Lipinski definition) is 2. The fraction of sp³-hybridized carbons (Fsp3) is 0.238. The standard InChI is InChI=1S/C21H20BN3O5/c26-12-15-10-14(7-8-18(15)22(29)30)20(27)24-9-3-4-16(11-24)25-13-23-19-6-2-1-5-17(19)21(25)28/h1-2,5-8,10,12-13,16,29-30H,3-4,9,11H2. The van der Waals surface area contributed by atoms with Crippen LogP contribution < -0.4 is 11.0 Å². The quantitative estimate of drug-likeness (QED) is 0.479. The highest BCUT2D eigenvalue weighted by atomic mass is 16.4. The van der Waals surface area contributed by atoms with Crippen LogP contribution in [-0.4, -0.2) is 56.9 Å². The van der Waals surface area contributed by atoms with Gasteiger partial charge in [0.05, 0.1) is 23.3 Å². The molecule has 1 unspecified atom stereocenters. The molecule has 0 saturated carbocycles. The average Bonchev–Trinajstić information content (AvgIpc) is 2.78. The number of aromatic nitrogens is 2.